The van der Waals surface area contributed by atoms with Crippen molar-refractivity contribution >= 4 is 11.6 Å². The minimum atomic E-state index is -0.270. The van der Waals surface area contributed by atoms with E-state index in [0.29, 0.717) is 16.8 Å². The summed E-state index contributed by atoms with van der Waals surface area (Å²) in [7, 11) is 0. The molecule has 0 amide bonds. The van der Waals surface area contributed by atoms with Gasteiger partial charge in [-0.2, -0.15) is 10.5 Å². The summed E-state index contributed by atoms with van der Waals surface area (Å²) in [6, 6.07) is 4.07. The van der Waals surface area contributed by atoms with Crippen LogP contribution in [0.25, 0.3) is 0 Å². The standard InChI is InChI=1S/C12H12ClN3/c1-7-8(5-14)10(12(2,3)4)16-11(13)9(7)6-15/h1-4H3. The van der Waals surface area contributed by atoms with Crippen molar-refractivity contribution in [2.24, 2.45) is 0 Å². The fourth-order valence-electron chi connectivity index (χ4n) is 1.48. The van der Waals surface area contributed by atoms with Gasteiger partial charge in [0.05, 0.1) is 16.8 Å². The number of rotatable bonds is 0. The van der Waals surface area contributed by atoms with E-state index < -0.39 is 0 Å². The summed E-state index contributed by atoms with van der Waals surface area (Å²) in [5.74, 6) is 0. The van der Waals surface area contributed by atoms with Crippen molar-refractivity contribution < 1.29 is 0 Å². The van der Waals surface area contributed by atoms with Crippen LogP contribution in [0.1, 0.15) is 43.2 Å². The van der Waals surface area contributed by atoms with Crippen molar-refractivity contribution in [2.45, 2.75) is 33.1 Å². The fourth-order valence-corrected chi connectivity index (χ4v) is 1.75. The Labute approximate surface area is 100 Å². The summed E-state index contributed by atoms with van der Waals surface area (Å²) in [5.41, 5.74) is 1.71. The van der Waals surface area contributed by atoms with E-state index >= 15 is 0 Å². The third-order valence-electron chi connectivity index (χ3n) is 2.34. The van der Waals surface area contributed by atoms with Crippen LogP contribution in [0.2, 0.25) is 5.15 Å². The predicted octanol–water partition coefficient (Wildman–Crippen LogP) is 3.08. The molecule has 0 N–H and O–H groups in total. The summed E-state index contributed by atoms with van der Waals surface area (Å²) < 4.78 is 0. The third-order valence-corrected chi connectivity index (χ3v) is 2.61. The number of pyridine rings is 1. The second-order valence-electron chi connectivity index (χ2n) is 4.60. The molecule has 0 bridgehead atoms. The summed E-state index contributed by atoms with van der Waals surface area (Å²) in [5, 5.41) is 18.2. The van der Waals surface area contributed by atoms with Crippen LogP contribution in [-0.2, 0) is 5.41 Å². The van der Waals surface area contributed by atoms with Crippen molar-refractivity contribution in [3.05, 3.63) is 27.5 Å². The third kappa shape index (κ3) is 2.01. The van der Waals surface area contributed by atoms with Gasteiger partial charge in [-0.1, -0.05) is 32.4 Å². The highest BCUT2D eigenvalue weighted by molar-refractivity contribution is 6.30. The van der Waals surface area contributed by atoms with Gasteiger partial charge in [-0.25, -0.2) is 4.98 Å². The van der Waals surface area contributed by atoms with Crippen LogP contribution in [0.15, 0.2) is 0 Å². The van der Waals surface area contributed by atoms with Crippen LogP contribution in [0.5, 0.6) is 0 Å². The minimum absolute atomic E-state index is 0.170. The lowest BCUT2D eigenvalue weighted by Crippen LogP contribution is -2.17. The highest BCUT2D eigenvalue weighted by Crippen LogP contribution is 2.30. The maximum absolute atomic E-state index is 9.13. The quantitative estimate of drug-likeness (QED) is 0.647. The highest BCUT2D eigenvalue weighted by atomic mass is 35.5. The molecule has 16 heavy (non-hydrogen) atoms. The SMILES string of the molecule is Cc1c(C#N)c(Cl)nc(C(C)(C)C)c1C#N. The van der Waals surface area contributed by atoms with Crippen molar-refractivity contribution in [3.8, 4) is 12.1 Å². The zero-order chi connectivity index (χ0) is 12.5. The average molecular weight is 234 g/mol. The van der Waals surface area contributed by atoms with E-state index in [1.165, 1.54) is 0 Å². The van der Waals surface area contributed by atoms with Crippen LogP contribution in [-0.4, -0.2) is 4.98 Å². The Morgan fingerprint density at radius 2 is 1.62 bits per heavy atom. The first-order chi connectivity index (χ1) is 7.32. The van der Waals surface area contributed by atoms with E-state index in [-0.39, 0.29) is 16.1 Å². The Hall–Kier alpha value is -1.58. The molecule has 1 aromatic rings. The molecular formula is C12H12ClN3. The van der Waals surface area contributed by atoms with Gasteiger partial charge in [-0.05, 0) is 12.5 Å². The number of nitriles is 2. The second kappa shape index (κ2) is 4.12. The van der Waals surface area contributed by atoms with Crippen molar-refractivity contribution in [2.75, 3.05) is 0 Å². The van der Waals surface area contributed by atoms with Crippen molar-refractivity contribution in [1.29, 1.82) is 10.5 Å². The monoisotopic (exact) mass is 233 g/mol. The van der Waals surface area contributed by atoms with Gasteiger partial charge in [0.1, 0.15) is 17.3 Å². The Balaban J connectivity index is 3.71. The summed E-state index contributed by atoms with van der Waals surface area (Å²) >= 11 is 5.93. The zero-order valence-electron chi connectivity index (χ0n) is 9.72. The van der Waals surface area contributed by atoms with Crippen LogP contribution >= 0.6 is 11.6 Å². The molecule has 0 saturated heterocycles. The van der Waals surface area contributed by atoms with Crippen LogP contribution in [0, 0.1) is 29.6 Å². The maximum Gasteiger partial charge on any atom is 0.147 e. The minimum Gasteiger partial charge on any atom is -0.238 e. The van der Waals surface area contributed by atoms with E-state index in [9.17, 15) is 0 Å². The fraction of sp³-hybridized carbons (Fsp3) is 0.417. The Morgan fingerprint density at radius 3 is 2.00 bits per heavy atom. The lowest BCUT2D eigenvalue weighted by atomic mass is 9.86. The molecule has 0 aliphatic heterocycles. The predicted molar refractivity (Wildman–Crippen MR) is 62.1 cm³/mol. The van der Waals surface area contributed by atoms with Crippen molar-refractivity contribution in [3.63, 3.8) is 0 Å². The summed E-state index contributed by atoms with van der Waals surface area (Å²) in [4.78, 5) is 4.17. The molecule has 82 valence electrons. The Bertz CT molecular complexity index is 513. The first-order valence-corrected chi connectivity index (χ1v) is 5.21. The van der Waals surface area contributed by atoms with Gasteiger partial charge in [0.25, 0.3) is 0 Å². The first kappa shape index (κ1) is 12.5. The van der Waals surface area contributed by atoms with Crippen LogP contribution < -0.4 is 0 Å². The molecule has 4 heteroatoms. The molecule has 0 fully saturated rings. The van der Waals surface area contributed by atoms with E-state index in [2.05, 4.69) is 11.1 Å². The molecule has 0 spiro atoms. The summed E-state index contributed by atoms with van der Waals surface area (Å²) in [6.07, 6.45) is 0. The van der Waals surface area contributed by atoms with Gasteiger partial charge >= 0.3 is 0 Å². The molecular weight excluding hydrogens is 222 g/mol. The highest BCUT2D eigenvalue weighted by Gasteiger charge is 2.24. The molecule has 1 heterocycles. The molecule has 0 saturated carbocycles. The molecule has 0 aliphatic rings. The van der Waals surface area contributed by atoms with Crippen LogP contribution in [0.3, 0.4) is 0 Å². The molecule has 0 radical (unpaired) electrons. The lowest BCUT2D eigenvalue weighted by molar-refractivity contribution is 0.566. The number of hydrogen-bond donors (Lipinski definition) is 0. The molecule has 0 atom stereocenters. The van der Waals surface area contributed by atoms with Gasteiger partial charge in [0.2, 0.25) is 0 Å². The molecule has 0 unspecified atom stereocenters. The van der Waals surface area contributed by atoms with Gasteiger partial charge in [0, 0.05) is 5.41 Å². The second-order valence-corrected chi connectivity index (χ2v) is 4.96. The van der Waals surface area contributed by atoms with Crippen LogP contribution in [0.4, 0.5) is 0 Å². The molecule has 3 nitrogen and oxygen atoms in total. The zero-order valence-corrected chi connectivity index (χ0v) is 10.5. The molecule has 0 aromatic carbocycles. The molecule has 1 rings (SSSR count). The lowest BCUT2D eigenvalue weighted by Gasteiger charge is -2.21. The topological polar surface area (TPSA) is 60.5 Å². The largest absolute Gasteiger partial charge is 0.238 e. The average Bonchev–Trinajstić information content (AvgIpc) is 2.16. The first-order valence-electron chi connectivity index (χ1n) is 4.83. The molecule has 0 aliphatic carbocycles. The van der Waals surface area contributed by atoms with Gasteiger partial charge in [-0.15, -0.1) is 0 Å². The van der Waals surface area contributed by atoms with Gasteiger partial charge in [0.15, 0.2) is 0 Å². The van der Waals surface area contributed by atoms with E-state index in [4.69, 9.17) is 22.1 Å². The Morgan fingerprint density at radius 1 is 1.12 bits per heavy atom. The van der Waals surface area contributed by atoms with E-state index in [1.54, 1.807) is 6.92 Å². The van der Waals surface area contributed by atoms with Crippen molar-refractivity contribution in [1.82, 2.24) is 4.98 Å². The number of hydrogen-bond acceptors (Lipinski definition) is 3. The van der Waals surface area contributed by atoms with Gasteiger partial charge in [-0.3, -0.25) is 0 Å². The number of aromatic nitrogens is 1. The Kier molecular flexibility index (Phi) is 3.21. The maximum atomic E-state index is 9.13. The van der Waals surface area contributed by atoms with Gasteiger partial charge < -0.3 is 0 Å². The smallest absolute Gasteiger partial charge is 0.147 e. The van der Waals surface area contributed by atoms with E-state index in [1.807, 2.05) is 26.8 Å². The molecule has 1 aromatic heterocycles. The normalized spacial score (nSPS) is 10.7. The number of halogens is 1. The summed E-state index contributed by atoms with van der Waals surface area (Å²) in [6.45, 7) is 7.59. The van der Waals surface area contributed by atoms with E-state index in [0.717, 1.165) is 0 Å². The number of nitrogens with zero attached hydrogens (tertiary/aromatic N) is 3.